The summed E-state index contributed by atoms with van der Waals surface area (Å²) in [6.07, 6.45) is 4.71. The zero-order chi connectivity index (χ0) is 14.5. The number of rotatable bonds is 6. The SMILES string of the molecule is CC(C)C(CNCc1cc(C#N)n(C)c1)N1CCCC1. The molecule has 1 atom stereocenters. The van der Waals surface area contributed by atoms with Gasteiger partial charge in [0.25, 0.3) is 0 Å². The third kappa shape index (κ3) is 3.62. The largest absolute Gasteiger partial charge is 0.342 e. The summed E-state index contributed by atoms with van der Waals surface area (Å²) in [5.41, 5.74) is 1.91. The van der Waals surface area contributed by atoms with Crippen LogP contribution in [-0.4, -0.2) is 35.1 Å². The van der Waals surface area contributed by atoms with E-state index in [4.69, 9.17) is 5.26 Å². The Morgan fingerprint density at radius 3 is 2.60 bits per heavy atom. The molecule has 0 bridgehead atoms. The lowest BCUT2D eigenvalue weighted by molar-refractivity contribution is 0.186. The summed E-state index contributed by atoms with van der Waals surface area (Å²) >= 11 is 0. The molecule has 0 aliphatic carbocycles. The highest BCUT2D eigenvalue weighted by molar-refractivity contribution is 5.28. The highest BCUT2D eigenvalue weighted by Crippen LogP contribution is 2.17. The molecule has 4 heteroatoms. The molecular formula is C16H26N4. The van der Waals surface area contributed by atoms with Crippen LogP contribution in [0.4, 0.5) is 0 Å². The van der Waals surface area contributed by atoms with Gasteiger partial charge in [0.15, 0.2) is 0 Å². The third-order valence-electron chi connectivity index (χ3n) is 4.24. The molecule has 1 aliphatic rings. The maximum absolute atomic E-state index is 8.96. The van der Waals surface area contributed by atoms with E-state index < -0.39 is 0 Å². The zero-order valence-electron chi connectivity index (χ0n) is 12.9. The summed E-state index contributed by atoms with van der Waals surface area (Å²) in [5.74, 6) is 0.672. The van der Waals surface area contributed by atoms with Gasteiger partial charge in [0.2, 0.25) is 0 Å². The Hall–Kier alpha value is -1.31. The molecule has 1 saturated heterocycles. The van der Waals surface area contributed by atoms with Crippen molar-refractivity contribution < 1.29 is 0 Å². The van der Waals surface area contributed by atoms with Gasteiger partial charge in [0.1, 0.15) is 11.8 Å². The van der Waals surface area contributed by atoms with Crippen LogP contribution in [0.5, 0.6) is 0 Å². The number of nitrogens with one attached hydrogen (secondary N) is 1. The molecule has 2 rings (SSSR count). The molecule has 110 valence electrons. The lowest BCUT2D eigenvalue weighted by Gasteiger charge is -2.31. The lowest BCUT2D eigenvalue weighted by Crippen LogP contribution is -2.44. The van der Waals surface area contributed by atoms with Crippen molar-refractivity contribution in [1.82, 2.24) is 14.8 Å². The first kappa shape index (κ1) is 15.1. The van der Waals surface area contributed by atoms with E-state index in [1.807, 2.05) is 23.9 Å². The number of nitrogens with zero attached hydrogens (tertiary/aromatic N) is 3. The van der Waals surface area contributed by atoms with Crippen LogP contribution in [0, 0.1) is 17.2 Å². The quantitative estimate of drug-likeness (QED) is 0.864. The lowest BCUT2D eigenvalue weighted by atomic mass is 10.0. The second-order valence-electron chi connectivity index (χ2n) is 6.14. The van der Waals surface area contributed by atoms with Gasteiger partial charge in [0.05, 0.1) is 0 Å². The number of hydrogen-bond acceptors (Lipinski definition) is 3. The summed E-state index contributed by atoms with van der Waals surface area (Å²) in [4.78, 5) is 2.61. The van der Waals surface area contributed by atoms with Gasteiger partial charge in [-0.15, -0.1) is 0 Å². The standard InChI is InChI=1S/C16H26N4/c1-13(2)16(20-6-4-5-7-20)11-18-10-14-8-15(9-17)19(3)12-14/h8,12-13,16,18H,4-7,10-11H2,1-3H3. The Labute approximate surface area is 122 Å². The maximum Gasteiger partial charge on any atom is 0.120 e. The zero-order valence-corrected chi connectivity index (χ0v) is 12.9. The Morgan fingerprint density at radius 1 is 1.35 bits per heavy atom. The van der Waals surface area contributed by atoms with Gasteiger partial charge in [0, 0.05) is 32.4 Å². The first-order valence-electron chi connectivity index (χ1n) is 7.62. The molecule has 1 N–H and O–H groups in total. The van der Waals surface area contributed by atoms with Crippen molar-refractivity contribution >= 4 is 0 Å². The van der Waals surface area contributed by atoms with E-state index in [-0.39, 0.29) is 0 Å². The molecule has 20 heavy (non-hydrogen) atoms. The van der Waals surface area contributed by atoms with Gasteiger partial charge >= 0.3 is 0 Å². The van der Waals surface area contributed by atoms with Crippen molar-refractivity contribution in [2.75, 3.05) is 19.6 Å². The first-order chi connectivity index (χ1) is 9.61. The average Bonchev–Trinajstić information content (AvgIpc) is 3.03. The second-order valence-corrected chi connectivity index (χ2v) is 6.14. The molecular weight excluding hydrogens is 248 g/mol. The summed E-state index contributed by atoms with van der Waals surface area (Å²) in [6.45, 7) is 8.96. The minimum Gasteiger partial charge on any atom is -0.342 e. The fraction of sp³-hybridized carbons (Fsp3) is 0.688. The van der Waals surface area contributed by atoms with Crippen molar-refractivity contribution in [1.29, 1.82) is 5.26 Å². The van der Waals surface area contributed by atoms with Crippen LogP contribution in [0.15, 0.2) is 12.3 Å². The Kier molecular flexibility index (Phi) is 5.22. The molecule has 0 amide bonds. The first-order valence-corrected chi connectivity index (χ1v) is 7.62. The van der Waals surface area contributed by atoms with E-state index in [0.29, 0.717) is 12.0 Å². The summed E-state index contributed by atoms with van der Waals surface area (Å²) in [5, 5.41) is 12.5. The van der Waals surface area contributed by atoms with Crippen LogP contribution < -0.4 is 5.32 Å². The molecule has 1 aliphatic heterocycles. The van der Waals surface area contributed by atoms with E-state index >= 15 is 0 Å². The fourth-order valence-electron chi connectivity index (χ4n) is 3.06. The predicted molar refractivity (Wildman–Crippen MR) is 81.3 cm³/mol. The molecule has 0 saturated carbocycles. The van der Waals surface area contributed by atoms with Crippen molar-refractivity contribution in [3.05, 3.63) is 23.5 Å². The molecule has 1 unspecified atom stereocenters. The van der Waals surface area contributed by atoms with Crippen LogP contribution in [0.25, 0.3) is 0 Å². The van der Waals surface area contributed by atoms with E-state index in [9.17, 15) is 0 Å². The number of aromatic nitrogens is 1. The number of hydrogen-bond donors (Lipinski definition) is 1. The van der Waals surface area contributed by atoms with E-state index in [0.717, 1.165) is 18.8 Å². The van der Waals surface area contributed by atoms with Crippen LogP contribution in [0.2, 0.25) is 0 Å². The van der Waals surface area contributed by atoms with Gasteiger partial charge in [-0.2, -0.15) is 5.26 Å². The van der Waals surface area contributed by atoms with Gasteiger partial charge in [-0.25, -0.2) is 0 Å². The van der Waals surface area contributed by atoms with Gasteiger partial charge < -0.3 is 9.88 Å². The van der Waals surface area contributed by atoms with E-state index in [1.165, 1.54) is 31.5 Å². The maximum atomic E-state index is 8.96. The molecule has 1 fully saturated rings. The summed E-state index contributed by atoms with van der Waals surface area (Å²) in [7, 11) is 1.92. The Bertz CT molecular complexity index is 463. The minimum atomic E-state index is 0.622. The van der Waals surface area contributed by atoms with Crippen LogP contribution >= 0.6 is 0 Å². The van der Waals surface area contributed by atoms with Crippen molar-refractivity contribution in [3.8, 4) is 6.07 Å². The minimum absolute atomic E-state index is 0.622. The molecule has 0 spiro atoms. The number of aryl methyl sites for hydroxylation is 1. The van der Waals surface area contributed by atoms with Crippen molar-refractivity contribution in [3.63, 3.8) is 0 Å². The smallest absolute Gasteiger partial charge is 0.120 e. The Balaban J connectivity index is 1.85. The predicted octanol–water partition coefficient (Wildman–Crippen LogP) is 2.11. The molecule has 4 nitrogen and oxygen atoms in total. The highest BCUT2D eigenvalue weighted by atomic mass is 15.2. The normalized spacial score (nSPS) is 17.6. The molecule has 1 aromatic heterocycles. The van der Waals surface area contributed by atoms with Crippen LogP contribution in [-0.2, 0) is 13.6 Å². The van der Waals surface area contributed by atoms with E-state index in [2.05, 4.69) is 30.1 Å². The van der Waals surface area contributed by atoms with Gasteiger partial charge in [-0.1, -0.05) is 13.8 Å². The van der Waals surface area contributed by atoms with Crippen molar-refractivity contribution in [2.24, 2.45) is 13.0 Å². The second kappa shape index (κ2) is 6.92. The number of nitriles is 1. The molecule has 1 aromatic rings. The van der Waals surface area contributed by atoms with Crippen LogP contribution in [0.1, 0.15) is 37.9 Å². The van der Waals surface area contributed by atoms with Crippen LogP contribution in [0.3, 0.4) is 0 Å². The molecule has 0 radical (unpaired) electrons. The summed E-state index contributed by atoms with van der Waals surface area (Å²) in [6, 6.07) is 4.79. The van der Waals surface area contributed by atoms with Gasteiger partial charge in [-0.3, -0.25) is 4.90 Å². The molecule has 0 aromatic carbocycles. The monoisotopic (exact) mass is 274 g/mol. The summed E-state index contributed by atoms with van der Waals surface area (Å²) < 4.78 is 1.89. The topological polar surface area (TPSA) is 44.0 Å². The Morgan fingerprint density at radius 2 is 2.05 bits per heavy atom. The molecule has 2 heterocycles. The highest BCUT2D eigenvalue weighted by Gasteiger charge is 2.23. The van der Waals surface area contributed by atoms with Crippen molar-refractivity contribution in [2.45, 2.75) is 39.3 Å². The van der Waals surface area contributed by atoms with E-state index in [1.54, 1.807) is 0 Å². The average molecular weight is 274 g/mol. The van der Waals surface area contributed by atoms with Gasteiger partial charge in [-0.05, 0) is 43.5 Å². The third-order valence-corrected chi connectivity index (χ3v) is 4.24. The fourth-order valence-corrected chi connectivity index (χ4v) is 3.06. The number of likely N-dealkylation sites (tertiary alicyclic amines) is 1.